The van der Waals surface area contributed by atoms with E-state index in [2.05, 4.69) is 25.2 Å². The van der Waals surface area contributed by atoms with Gasteiger partial charge in [-0.25, -0.2) is 13.1 Å². The monoisotopic (exact) mass is 557 g/mol. The van der Waals surface area contributed by atoms with Crippen LogP contribution in [0.4, 0.5) is 0 Å². The fourth-order valence-electron chi connectivity index (χ4n) is 3.36. The summed E-state index contributed by atoms with van der Waals surface area (Å²) in [5.74, 6) is 1.25. The number of aliphatic imine (C=N–C) groups is 1. The predicted octanol–water partition coefficient (Wildman–Crippen LogP) is 1.68. The molecule has 1 fully saturated rings. The van der Waals surface area contributed by atoms with Gasteiger partial charge in [0.2, 0.25) is 15.9 Å². The Morgan fingerprint density at radius 1 is 1.28 bits per heavy atom. The zero-order chi connectivity index (χ0) is 20.7. The van der Waals surface area contributed by atoms with Gasteiger partial charge in [0.05, 0.1) is 4.90 Å². The number of guanidine groups is 1. The molecular weight excluding hydrogens is 525 g/mol. The maximum absolute atomic E-state index is 12.4. The van der Waals surface area contributed by atoms with Crippen LogP contribution in [0.15, 0.2) is 16.0 Å². The van der Waals surface area contributed by atoms with Gasteiger partial charge in [0, 0.05) is 56.4 Å². The third kappa shape index (κ3) is 7.68. The first-order valence-corrected chi connectivity index (χ1v) is 11.8. The van der Waals surface area contributed by atoms with E-state index < -0.39 is 10.0 Å². The summed E-state index contributed by atoms with van der Waals surface area (Å²) in [6.45, 7) is 6.12. The highest BCUT2D eigenvalue weighted by Gasteiger charge is 2.23. The molecule has 0 unspecified atom stereocenters. The molecule has 1 saturated heterocycles. The van der Waals surface area contributed by atoms with E-state index in [0.717, 1.165) is 41.6 Å². The lowest BCUT2D eigenvalue weighted by Crippen LogP contribution is -2.47. The summed E-state index contributed by atoms with van der Waals surface area (Å²) in [5, 5.41) is 5.90. The van der Waals surface area contributed by atoms with Gasteiger partial charge in [-0.3, -0.25) is 9.79 Å². The van der Waals surface area contributed by atoms with Crippen LogP contribution in [0.3, 0.4) is 0 Å². The number of nitrogens with zero attached hydrogens (tertiary/aromatic N) is 2. The Hall–Kier alpha value is -0.920. The number of nitrogens with one attached hydrogen (secondary N) is 3. The van der Waals surface area contributed by atoms with Gasteiger partial charge in [0.15, 0.2) is 5.96 Å². The molecule has 0 spiro atoms. The quantitative estimate of drug-likeness (QED) is 0.205. The van der Waals surface area contributed by atoms with Gasteiger partial charge in [0.25, 0.3) is 0 Å². The molecule has 11 heteroatoms. The van der Waals surface area contributed by atoms with Gasteiger partial charge in [-0.15, -0.1) is 35.3 Å². The summed E-state index contributed by atoms with van der Waals surface area (Å²) in [6.07, 6.45) is 2.45. The normalized spacial score (nSPS) is 15.7. The second-order valence-electron chi connectivity index (χ2n) is 6.96. The number of amides is 1. The van der Waals surface area contributed by atoms with Crippen LogP contribution in [0.1, 0.15) is 29.0 Å². The van der Waals surface area contributed by atoms with E-state index in [-0.39, 0.29) is 36.4 Å². The van der Waals surface area contributed by atoms with Crippen LogP contribution in [-0.4, -0.2) is 65.5 Å². The average Bonchev–Trinajstić information content (AvgIpc) is 3.01. The van der Waals surface area contributed by atoms with E-state index in [4.69, 9.17) is 0 Å². The van der Waals surface area contributed by atoms with Crippen LogP contribution in [0.5, 0.6) is 0 Å². The van der Waals surface area contributed by atoms with Crippen molar-refractivity contribution in [2.75, 3.05) is 40.3 Å². The molecule has 0 aliphatic carbocycles. The van der Waals surface area contributed by atoms with Crippen molar-refractivity contribution >= 4 is 57.2 Å². The smallest absolute Gasteiger partial charge is 0.241 e. The molecule has 29 heavy (non-hydrogen) atoms. The van der Waals surface area contributed by atoms with E-state index >= 15 is 0 Å². The van der Waals surface area contributed by atoms with Crippen LogP contribution in [-0.2, 0) is 14.8 Å². The summed E-state index contributed by atoms with van der Waals surface area (Å²) in [6, 6.07) is 1.71. The number of carbonyl (C=O) groups excluding carboxylic acids is 1. The van der Waals surface area contributed by atoms with E-state index in [0.29, 0.717) is 23.8 Å². The van der Waals surface area contributed by atoms with Gasteiger partial charge in [-0.1, -0.05) is 0 Å². The van der Waals surface area contributed by atoms with Crippen molar-refractivity contribution in [3.63, 3.8) is 0 Å². The van der Waals surface area contributed by atoms with Crippen LogP contribution in [0.25, 0.3) is 0 Å². The fourth-order valence-corrected chi connectivity index (χ4v) is 5.94. The van der Waals surface area contributed by atoms with Gasteiger partial charge in [0.1, 0.15) is 0 Å². The molecule has 1 aromatic heterocycles. The molecule has 0 bridgehead atoms. The van der Waals surface area contributed by atoms with Crippen LogP contribution < -0.4 is 15.4 Å². The third-order valence-corrected chi connectivity index (χ3v) is 7.55. The molecule has 2 rings (SSSR count). The maximum atomic E-state index is 12.4. The predicted molar refractivity (Wildman–Crippen MR) is 129 cm³/mol. The van der Waals surface area contributed by atoms with Crippen molar-refractivity contribution in [2.45, 2.75) is 38.0 Å². The molecule has 1 amide bonds. The first kappa shape index (κ1) is 26.1. The zero-order valence-corrected chi connectivity index (χ0v) is 21.4. The summed E-state index contributed by atoms with van der Waals surface area (Å²) in [4.78, 5) is 20.1. The van der Waals surface area contributed by atoms with Crippen molar-refractivity contribution in [2.24, 2.45) is 10.9 Å². The molecule has 8 nitrogen and oxygen atoms in total. The van der Waals surface area contributed by atoms with Gasteiger partial charge >= 0.3 is 0 Å². The third-order valence-electron chi connectivity index (χ3n) is 4.86. The summed E-state index contributed by atoms with van der Waals surface area (Å²) in [5.41, 5.74) is 0. The zero-order valence-electron chi connectivity index (χ0n) is 17.4. The molecule has 3 N–H and O–H groups in total. The van der Waals surface area contributed by atoms with Crippen molar-refractivity contribution in [1.82, 2.24) is 20.3 Å². The Morgan fingerprint density at radius 2 is 1.93 bits per heavy atom. The van der Waals surface area contributed by atoms with Crippen molar-refractivity contribution in [3.8, 4) is 0 Å². The minimum atomic E-state index is -3.49. The Bertz CT molecular complexity index is 802. The molecule has 166 valence electrons. The van der Waals surface area contributed by atoms with Crippen molar-refractivity contribution in [1.29, 1.82) is 0 Å². The summed E-state index contributed by atoms with van der Waals surface area (Å²) in [7, 11) is -0.104. The molecule has 0 radical (unpaired) electrons. The molecular formula is C18H32IN5O3S2. The number of carbonyl (C=O) groups is 1. The maximum Gasteiger partial charge on any atom is 0.241 e. The van der Waals surface area contributed by atoms with Gasteiger partial charge in [-0.2, -0.15) is 0 Å². The van der Waals surface area contributed by atoms with Gasteiger partial charge in [-0.05, 0) is 38.7 Å². The molecule has 2 heterocycles. The molecule has 0 aromatic carbocycles. The number of sulfonamides is 1. The van der Waals surface area contributed by atoms with E-state index in [1.807, 2.05) is 13.8 Å². The molecule has 1 aromatic rings. The fraction of sp³-hybridized carbons (Fsp3) is 0.667. The second kappa shape index (κ2) is 12.1. The second-order valence-corrected chi connectivity index (χ2v) is 10.2. The SMILES string of the molecule is CN=C(NCCNS(=O)(=O)c1cc(C)sc1C)N1CCC(CC(=O)NC)CC1.I. The van der Waals surface area contributed by atoms with Crippen molar-refractivity contribution in [3.05, 3.63) is 15.8 Å². The number of likely N-dealkylation sites (tertiary alicyclic amines) is 1. The minimum Gasteiger partial charge on any atom is -0.359 e. The molecule has 0 saturated carbocycles. The lowest BCUT2D eigenvalue weighted by Gasteiger charge is -2.34. The highest BCUT2D eigenvalue weighted by atomic mass is 127. The largest absolute Gasteiger partial charge is 0.359 e. The Labute approximate surface area is 195 Å². The number of rotatable bonds is 7. The summed E-state index contributed by atoms with van der Waals surface area (Å²) < 4.78 is 27.5. The first-order chi connectivity index (χ1) is 13.3. The minimum absolute atomic E-state index is 0. The molecule has 1 aliphatic rings. The Balaban J connectivity index is 0.00000420. The lowest BCUT2D eigenvalue weighted by atomic mass is 9.93. The summed E-state index contributed by atoms with van der Waals surface area (Å²) >= 11 is 1.48. The topological polar surface area (TPSA) is 103 Å². The molecule has 0 atom stereocenters. The molecule has 1 aliphatic heterocycles. The Kier molecular flexibility index (Phi) is 10.9. The lowest BCUT2D eigenvalue weighted by molar-refractivity contribution is -0.121. The standard InChI is InChI=1S/C18H31N5O3S2.HI/c1-13-11-16(14(2)27-13)28(25,26)22-8-7-21-18(20-4)23-9-5-15(6-10-23)12-17(24)19-3;/h11,15,22H,5-10,12H2,1-4H3,(H,19,24)(H,20,21);1H. The number of hydrogen-bond acceptors (Lipinski definition) is 5. The number of piperidine rings is 1. The number of aryl methyl sites for hydroxylation is 2. The van der Waals surface area contributed by atoms with Crippen LogP contribution in [0, 0.1) is 19.8 Å². The van der Waals surface area contributed by atoms with Crippen LogP contribution >= 0.6 is 35.3 Å². The van der Waals surface area contributed by atoms with E-state index in [9.17, 15) is 13.2 Å². The highest BCUT2D eigenvalue weighted by molar-refractivity contribution is 14.0. The first-order valence-electron chi connectivity index (χ1n) is 9.49. The average molecular weight is 558 g/mol. The Morgan fingerprint density at radius 3 is 2.45 bits per heavy atom. The number of hydrogen-bond donors (Lipinski definition) is 3. The van der Waals surface area contributed by atoms with Gasteiger partial charge < -0.3 is 15.5 Å². The van der Waals surface area contributed by atoms with Crippen LogP contribution in [0.2, 0.25) is 0 Å². The van der Waals surface area contributed by atoms with E-state index in [1.165, 1.54) is 11.3 Å². The number of halogens is 1. The van der Waals surface area contributed by atoms with Crippen molar-refractivity contribution < 1.29 is 13.2 Å². The van der Waals surface area contributed by atoms with E-state index in [1.54, 1.807) is 20.2 Å². The highest BCUT2D eigenvalue weighted by Crippen LogP contribution is 2.24. The number of thiophene rings is 1.